The normalized spacial score (nSPS) is 22.1. The number of carbonyl (C=O) groups excluding carboxylic acids is 1. The van der Waals surface area contributed by atoms with Crippen LogP contribution < -0.4 is 4.90 Å². The zero-order valence-corrected chi connectivity index (χ0v) is 14.9. The van der Waals surface area contributed by atoms with Crippen molar-refractivity contribution in [1.82, 2.24) is 20.0 Å². The molecular formula is C18H23N5O3. The molecule has 8 nitrogen and oxygen atoms in total. The number of methoxy groups -OCH3 is 1. The van der Waals surface area contributed by atoms with Crippen molar-refractivity contribution < 1.29 is 14.1 Å². The van der Waals surface area contributed by atoms with Gasteiger partial charge in [0.1, 0.15) is 0 Å². The predicted molar refractivity (Wildman–Crippen MR) is 93.7 cm³/mol. The fourth-order valence-corrected chi connectivity index (χ4v) is 4.21. The summed E-state index contributed by atoms with van der Waals surface area (Å²) in [7, 11) is 1.73. The summed E-state index contributed by atoms with van der Waals surface area (Å²) < 4.78 is 10.4. The highest BCUT2D eigenvalue weighted by Gasteiger charge is 2.47. The molecular weight excluding hydrogens is 334 g/mol. The monoisotopic (exact) mass is 357 g/mol. The van der Waals surface area contributed by atoms with E-state index in [9.17, 15) is 4.79 Å². The van der Waals surface area contributed by atoms with Crippen molar-refractivity contribution in [2.24, 2.45) is 5.41 Å². The van der Waals surface area contributed by atoms with Crippen LogP contribution in [0.5, 0.6) is 0 Å². The van der Waals surface area contributed by atoms with Gasteiger partial charge < -0.3 is 19.1 Å². The largest absolute Gasteiger partial charge is 0.383 e. The van der Waals surface area contributed by atoms with Gasteiger partial charge in [0.25, 0.3) is 5.91 Å². The van der Waals surface area contributed by atoms with Crippen LogP contribution in [0.25, 0.3) is 0 Å². The fourth-order valence-electron chi connectivity index (χ4n) is 4.21. The Bertz CT molecular complexity index is 729. The lowest BCUT2D eigenvalue weighted by atomic mass is 9.76. The molecule has 0 aromatic carbocycles. The predicted octanol–water partition coefficient (Wildman–Crippen LogP) is 1.61. The zero-order chi connectivity index (χ0) is 18.0. The van der Waals surface area contributed by atoms with E-state index in [1.54, 1.807) is 25.6 Å². The van der Waals surface area contributed by atoms with Gasteiger partial charge in [-0.1, -0.05) is 5.16 Å². The number of rotatable bonds is 4. The molecule has 0 saturated carbocycles. The SMILES string of the molecule is COCC1CC2(CCN(C(=O)c3ccno3)CC2)CN1c1ncccn1. The second-order valence-corrected chi connectivity index (χ2v) is 7.16. The third-order valence-electron chi connectivity index (χ3n) is 5.54. The minimum atomic E-state index is -0.0768. The van der Waals surface area contributed by atoms with Gasteiger partial charge in [-0.25, -0.2) is 9.97 Å². The van der Waals surface area contributed by atoms with E-state index in [1.807, 2.05) is 11.0 Å². The Kier molecular flexibility index (Phi) is 4.58. The van der Waals surface area contributed by atoms with E-state index in [0.29, 0.717) is 12.4 Å². The van der Waals surface area contributed by atoms with Gasteiger partial charge in [0.05, 0.1) is 18.8 Å². The van der Waals surface area contributed by atoms with Gasteiger partial charge in [-0.05, 0) is 30.7 Å². The number of hydrogen-bond acceptors (Lipinski definition) is 7. The van der Waals surface area contributed by atoms with E-state index < -0.39 is 0 Å². The first-order valence-corrected chi connectivity index (χ1v) is 8.93. The Morgan fingerprint density at radius 3 is 2.73 bits per heavy atom. The lowest BCUT2D eigenvalue weighted by Crippen LogP contribution is -2.44. The molecule has 4 heterocycles. The summed E-state index contributed by atoms with van der Waals surface area (Å²) in [5.41, 5.74) is 0.167. The lowest BCUT2D eigenvalue weighted by Gasteiger charge is -2.38. The van der Waals surface area contributed by atoms with Crippen LogP contribution >= 0.6 is 0 Å². The van der Waals surface area contributed by atoms with Gasteiger partial charge in [0, 0.05) is 45.2 Å². The van der Waals surface area contributed by atoms with Gasteiger partial charge >= 0.3 is 0 Å². The molecule has 2 aliphatic heterocycles. The van der Waals surface area contributed by atoms with E-state index in [0.717, 1.165) is 44.8 Å². The van der Waals surface area contributed by atoms with Crippen LogP contribution in [0.4, 0.5) is 5.95 Å². The molecule has 1 atom stereocenters. The number of anilines is 1. The Labute approximate surface area is 152 Å². The molecule has 0 radical (unpaired) electrons. The van der Waals surface area contributed by atoms with Gasteiger partial charge in [0.15, 0.2) is 0 Å². The van der Waals surface area contributed by atoms with E-state index >= 15 is 0 Å². The number of carbonyl (C=O) groups is 1. The number of hydrogen-bond donors (Lipinski definition) is 0. The Morgan fingerprint density at radius 1 is 1.31 bits per heavy atom. The maximum absolute atomic E-state index is 12.5. The van der Waals surface area contributed by atoms with Crippen molar-refractivity contribution >= 4 is 11.9 Å². The topological polar surface area (TPSA) is 84.6 Å². The molecule has 0 aliphatic carbocycles. The van der Waals surface area contributed by atoms with Gasteiger partial charge in [-0.2, -0.15) is 0 Å². The maximum atomic E-state index is 12.5. The third kappa shape index (κ3) is 3.16. The summed E-state index contributed by atoms with van der Waals surface area (Å²) in [6.45, 7) is 3.00. The lowest BCUT2D eigenvalue weighted by molar-refractivity contribution is 0.0559. The number of likely N-dealkylation sites (tertiary alicyclic amines) is 1. The molecule has 2 saturated heterocycles. The van der Waals surface area contributed by atoms with Crippen molar-refractivity contribution in [3.05, 3.63) is 36.5 Å². The van der Waals surface area contributed by atoms with Crippen LogP contribution in [0, 0.1) is 5.41 Å². The number of ether oxygens (including phenoxy) is 1. The molecule has 2 aliphatic rings. The number of amides is 1. The van der Waals surface area contributed by atoms with Crippen LogP contribution in [0.15, 0.2) is 35.2 Å². The van der Waals surface area contributed by atoms with Gasteiger partial charge in [-0.3, -0.25) is 4.79 Å². The minimum absolute atomic E-state index is 0.0768. The minimum Gasteiger partial charge on any atom is -0.383 e. The van der Waals surface area contributed by atoms with E-state index in [2.05, 4.69) is 20.0 Å². The van der Waals surface area contributed by atoms with E-state index in [1.165, 1.54) is 6.20 Å². The van der Waals surface area contributed by atoms with E-state index in [4.69, 9.17) is 9.26 Å². The second-order valence-electron chi connectivity index (χ2n) is 7.16. The van der Waals surface area contributed by atoms with Crippen LogP contribution in [-0.4, -0.2) is 65.3 Å². The standard InChI is InChI=1S/C18H23N5O3/c1-25-12-14-11-18(13-23(14)17-19-6-2-7-20-17)4-9-22(10-5-18)16(24)15-3-8-21-26-15/h2-3,6-8,14H,4-5,9-13H2,1H3. The molecule has 2 aromatic heterocycles. The molecule has 0 bridgehead atoms. The van der Waals surface area contributed by atoms with Crippen molar-refractivity contribution in [3.63, 3.8) is 0 Å². The summed E-state index contributed by atoms with van der Waals surface area (Å²) in [5.74, 6) is 0.988. The summed E-state index contributed by atoms with van der Waals surface area (Å²) >= 11 is 0. The van der Waals surface area contributed by atoms with Crippen LogP contribution in [-0.2, 0) is 4.74 Å². The van der Waals surface area contributed by atoms with Crippen LogP contribution in [0.1, 0.15) is 29.8 Å². The Hall–Kier alpha value is -2.48. The fraction of sp³-hybridized carbons (Fsp3) is 0.556. The number of aromatic nitrogens is 3. The molecule has 1 unspecified atom stereocenters. The van der Waals surface area contributed by atoms with Crippen LogP contribution in [0.3, 0.4) is 0 Å². The van der Waals surface area contributed by atoms with Crippen molar-refractivity contribution in [3.8, 4) is 0 Å². The molecule has 4 rings (SSSR count). The molecule has 8 heteroatoms. The average Bonchev–Trinajstić information content (AvgIpc) is 3.32. The molecule has 26 heavy (non-hydrogen) atoms. The Morgan fingerprint density at radius 2 is 2.08 bits per heavy atom. The summed E-state index contributed by atoms with van der Waals surface area (Å²) in [4.78, 5) is 25.4. The average molecular weight is 357 g/mol. The maximum Gasteiger partial charge on any atom is 0.292 e. The summed E-state index contributed by atoms with van der Waals surface area (Å²) in [6.07, 6.45) is 7.99. The second kappa shape index (κ2) is 7.03. The molecule has 2 fully saturated rings. The first-order chi connectivity index (χ1) is 12.7. The number of nitrogens with zero attached hydrogens (tertiary/aromatic N) is 5. The van der Waals surface area contributed by atoms with Gasteiger partial charge in [-0.15, -0.1) is 0 Å². The highest BCUT2D eigenvalue weighted by atomic mass is 16.5. The number of piperidine rings is 1. The smallest absolute Gasteiger partial charge is 0.292 e. The highest BCUT2D eigenvalue weighted by molar-refractivity contribution is 5.91. The highest BCUT2D eigenvalue weighted by Crippen LogP contribution is 2.44. The first-order valence-electron chi connectivity index (χ1n) is 8.93. The molecule has 1 spiro atoms. The third-order valence-corrected chi connectivity index (χ3v) is 5.54. The van der Waals surface area contributed by atoms with Crippen LogP contribution in [0.2, 0.25) is 0 Å². The zero-order valence-electron chi connectivity index (χ0n) is 14.9. The Balaban J connectivity index is 1.46. The summed E-state index contributed by atoms with van der Waals surface area (Å²) in [6, 6.07) is 3.71. The summed E-state index contributed by atoms with van der Waals surface area (Å²) in [5, 5.41) is 3.63. The van der Waals surface area contributed by atoms with E-state index in [-0.39, 0.29) is 17.4 Å². The van der Waals surface area contributed by atoms with Crippen molar-refractivity contribution in [2.75, 3.05) is 38.3 Å². The van der Waals surface area contributed by atoms with Gasteiger partial charge in [0.2, 0.25) is 11.7 Å². The molecule has 1 amide bonds. The molecule has 138 valence electrons. The molecule has 0 N–H and O–H groups in total. The van der Waals surface area contributed by atoms with Crippen molar-refractivity contribution in [2.45, 2.75) is 25.3 Å². The van der Waals surface area contributed by atoms with Crippen molar-refractivity contribution in [1.29, 1.82) is 0 Å². The molecule has 2 aromatic rings. The quantitative estimate of drug-likeness (QED) is 0.822. The first kappa shape index (κ1) is 17.0.